The van der Waals surface area contributed by atoms with Gasteiger partial charge in [0.2, 0.25) is 11.8 Å². The molecule has 1 saturated heterocycles. The number of nitrogens with one attached hydrogen (secondary N) is 1. The van der Waals surface area contributed by atoms with Gasteiger partial charge in [0.1, 0.15) is 0 Å². The zero-order chi connectivity index (χ0) is 19.3. The van der Waals surface area contributed by atoms with Crippen LogP contribution in [0.15, 0.2) is 54.6 Å². The van der Waals surface area contributed by atoms with Crippen molar-refractivity contribution in [3.05, 3.63) is 71.3 Å². The highest BCUT2D eigenvalue weighted by Gasteiger charge is 2.35. The molecule has 5 rings (SSSR count). The molecule has 140 valence electrons. The van der Waals surface area contributed by atoms with Gasteiger partial charge in [-0.2, -0.15) is 0 Å². The van der Waals surface area contributed by atoms with E-state index in [1.165, 1.54) is 16.5 Å². The van der Waals surface area contributed by atoms with Crippen LogP contribution in [0, 0.1) is 12.8 Å². The van der Waals surface area contributed by atoms with Crippen molar-refractivity contribution in [1.82, 2.24) is 0 Å². The second-order valence-corrected chi connectivity index (χ2v) is 7.84. The predicted molar refractivity (Wildman–Crippen MR) is 112 cm³/mol. The lowest BCUT2D eigenvalue weighted by molar-refractivity contribution is -0.122. The first-order valence-corrected chi connectivity index (χ1v) is 9.81. The number of anilines is 2. The molecule has 1 heterocycles. The molecule has 28 heavy (non-hydrogen) atoms. The van der Waals surface area contributed by atoms with E-state index in [0.717, 1.165) is 35.2 Å². The molecule has 4 nitrogen and oxygen atoms in total. The molecule has 3 aromatic carbocycles. The first kappa shape index (κ1) is 17.0. The summed E-state index contributed by atoms with van der Waals surface area (Å²) in [5, 5.41) is 5.47. The maximum Gasteiger partial charge on any atom is 0.229 e. The molecule has 0 bridgehead atoms. The van der Waals surface area contributed by atoms with Gasteiger partial charge >= 0.3 is 0 Å². The Balaban J connectivity index is 1.38. The topological polar surface area (TPSA) is 49.4 Å². The Kier molecular flexibility index (Phi) is 3.93. The maximum absolute atomic E-state index is 12.9. The third-order valence-corrected chi connectivity index (χ3v) is 5.98. The molecule has 0 spiro atoms. The molecule has 0 aromatic heterocycles. The lowest BCUT2D eigenvalue weighted by Gasteiger charge is -2.17. The van der Waals surface area contributed by atoms with Gasteiger partial charge in [-0.3, -0.25) is 9.59 Å². The first-order valence-electron chi connectivity index (χ1n) is 9.81. The van der Waals surface area contributed by atoms with Crippen LogP contribution < -0.4 is 10.2 Å². The van der Waals surface area contributed by atoms with Gasteiger partial charge < -0.3 is 10.2 Å². The molecule has 2 amide bonds. The Hall–Kier alpha value is -3.14. The number of carbonyl (C=O) groups excluding carboxylic acids is 2. The SMILES string of the molecule is Cc1ccc(N2C[C@@H](C(=O)Nc3ccc4c5c(cccc35)CC4)CC2=O)cc1. The van der Waals surface area contributed by atoms with E-state index >= 15 is 0 Å². The van der Waals surface area contributed by atoms with E-state index in [2.05, 4.69) is 29.6 Å². The van der Waals surface area contributed by atoms with Gasteiger partial charge in [0.15, 0.2) is 0 Å². The minimum Gasteiger partial charge on any atom is -0.325 e. The monoisotopic (exact) mass is 370 g/mol. The molecular formula is C24H22N2O2. The summed E-state index contributed by atoms with van der Waals surface area (Å²) in [5.41, 5.74) is 5.55. The molecular weight excluding hydrogens is 348 g/mol. The number of hydrogen-bond donors (Lipinski definition) is 1. The van der Waals surface area contributed by atoms with E-state index in [1.54, 1.807) is 4.90 Å². The fourth-order valence-corrected chi connectivity index (χ4v) is 4.45. The van der Waals surface area contributed by atoms with Gasteiger partial charge in [0.05, 0.1) is 5.92 Å². The van der Waals surface area contributed by atoms with Crippen molar-refractivity contribution in [1.29, 1.82) is 0 Å². The summed E-state index contributed by atoms with van der Waals surface area (Å²) in [7, 11) is 0. The van der Waals surface area contributed by atoms with Crippen molar-refractivity contribution >= 4 is 34.0 Å². The van der Waals surface area contributed by atoms with E-state index in [-0.39, 0.29) is 24.2 Å². The summed E-state index contributed by atoms with van der Waals surface area (Å²) in [6, 6.07) is 18.3. The fraction of sp³-hybridized carbons (Fsp3) is 0.250. The van der Waals surface area contributed by atoms with Gasteiger partial charge in [-0.15, -0.1) is 0 Å². The van der Waals surface area contributed by atoms with Crippen LogP contribution in [0.3, 0.4) is 0 Å². The Morgan fingerprint density at radius 3 is 2.54 bits per heavy atom. The van der Waals surface area contributed by atoms with Crippen LogP contribution in [0.4, 0.5) is 11.4 Å². The number of amides is 2. The summed E-state index contributed by atoms with van der Waals surface area (Å²) in [5.74, 6) is -0.414. The highest BCUT2D eigenvalue weighted by molar-refractivity contribution is 6.08. The zero-order valence-corrected chi connectivity index (χ0v) is 15.9. The molecule has 3 aromatic rings. The Labute approximate surface area is 164 Å². The Morgan fingerprint density at radius 1 is 1.00 bits per heavy atom. The fourth-order valence-electron chi connectivity index (χ4n) is 4.45. The van der Waals surface area contributed by atoms with Crippen molar-refractivity contribution in [2.24, 2.45) is 5.92 Å². The summed E-state index contributed by atoms with van der Waals surface area (Å²) >= 11 is 0. The number of nitrogens with zero attached hydrogens (tertiary/aromatic N) is 1. The summed E-state index contributed by atoms with van der Waals surface area (Å²) in [4.78, 5) is 27.1. The smallest absolute Gasteiger partial charge is 0.229 e. The van der Waals surface area contributed by atoms with E-state index in [9.17, 15) is 9.59 Å². The average Bonchev–Trinajstić information content (AvgIpc) is 3.30. The Bertz CT molecular complexity index is 1090. The lowest BCUT2D eigenvalue weighted by Crippen LogP contribution is -2.28. The van der Waals surface area contributed by atoms with Crippen molar-refractivity contribution in [2.75, 3.05) is 16.8 Å². The minimum absolute atomic E-state index is 0.00408. The normalized spacial score (nSPS) is 18.1. The quantitative estimate of drug-likeness (QED) is 0.750. The van der Waals surface area contributed by atoms with Crippen LogP contribution in [-0.4, -0.2) is 18.4 Å². The van der Waals surface area contributed by atoms with Gasteiger partial charge in [0, 0.05) is 29.7 Å². The number of aryl methyl sites for hydroxylation is 3. The summed E-state index contributed by atoms with van der Waals surface area (Å²) in [6.45, 7) is 2.44. The van der Waals surface area contributed by atoms with Crippen LogP contribution in [-0.2, 0) is 22.4 Å². The highest BCUT2D eigenvalue weighted by Crippen LogP contribution is 2.35. The average molecular weight is 370 g/mol. The molecule has 0 unspecified atom stereocenters. The number of carbonyl (C=O) groups is 2. The molecule has 0 saturated carbocycles. The third-order valence-electron chi connectivity index (χ3n) is 5.98. The standard InChI is InChI=1S/C24H22N2O2/c1-15-5-10-19(11-6-15)26-14-18(13-22(26)27)24(28)25-21-12-9-17-8-7-16-3-2-4-20(21)23(16)17/h2-6,9-12,18H,7-8,13-14H2,1H3,(H,25,28)/t18-/m0/s1. The lowest BCUT2D eigenvalue weighted by atomic mass is 10.0. The largest absolute Gasteiger partial charge is 0.325 e. The molecule has 1 aliphatic carbocycles. The van der Waals surface area contributed by atoms with Crippen molar-refractivity contribution < 1.29 is 9.59 Å². The molecule has 1 atom stereocenters. The molecule has 1 N–H and O–H groups in total. The van der Waals surface area contributed by atoms with E-state index < -0.39 is 0 Å². The first-order chi connectivity index (χ1) is 13.6. The number of rotatable bonds is 3. The third kappa shape index (κ3) is 2.76. The van der Waals surface area contributed by atoms with Crippen molar-refractivity contribution in [3.8, 4) is 0 Å². The zero-order valence-electron chi connectivity index (χ0n) is 15.9. The maximum atomic E-state index is 12.9. The molecule has 1 fully saturated rings. The van der Waals surface area contributed by atoms with Crippen molar-refractivity contribution in [3.63, 3.8) is 0 Å². The minimum atomic E-state index is -0.336. The van der Waals surface area contributed by atoms with Crippen molar-refractivity contribution in [2.45, 2.75) is 26.2 Å². The Morgan fingerprint density at radius 2 is 1.75 bits per heavy atom. The molecule has 4 heteroatoms. The number of hydrogen-bond acceptors (Lipinski definition) is 2. The van der Waals surface area contributed by atoms with Crippen LogP contribution in [0.5, 0.6) is 0 Å². The van der Waals surface area contributed by atoms with E-state index in [0.29, 0.717) is 6.54 Å². The second-order valence-electron chi connectivity index (χ2n) is 7.84. The molecule has 1 aliphatic heterocycles. The highest BCUT2D eigenvalue weighted by atomic mass is 16.2. The van der Waals surface area contributed by atoms with E-state index in [4.69, 9.17) is 0 Å². The van der Waals surface area contributed by atoms with Crippen LogP contribution in [0.25, 0.3) is 10.8 Å². The second kappa shape index (κ2) is 6.48. The van der Waals surface area contributed by atoms with Gasteiger partial charge in [-0.1, -0.05) is 42.0 Å². The van der Waals surface area contributed by atoms with Gasteiger partial charge in [-0.25, -0.2) is 0 Å². The van der Waals surface area contributed by atoms with E-state index in [1.807, 2.05) is 37.3 Å². The molecule has 2 aliphatic rings. The summed E-state index contributed by atoms with van der Waals surface area (Å²) < 4.78 is 0. The summed E-state index contributed by atoms with van der Waals surface area (Å²) in [6.07, 6.45) is 2.38. The molecule has 0 radical (unpaired) electrons. The van der Waals surface area contributed by atoms with Crippen LogP contribution in [0.1, 0.15) is 23.1 Å². The number of benzene rings is 3. The van der Waals surface area contributed by atoms with Crippen LogP contribution >= 0.6 is 0 Å². The predicted octanol–water partition coefficient (Wildman–Crippen LogP) is 4.24. The van der Waals surface area contributed by atoms with Gasteiger partial charge in [-0.05, 0) is 54.5 Å². The van der Waals surface area contributed by atoms with Gasteiger partial charge in [0.25, 0.3) is 0 Å². The van der Waals surface area contributed by atoms with Crippen LogP contribution in [0.2, 0.25) is 0 Å².